The fraction of sp³-hybridized carbons (Fsp3) is 0.429. The smallest absolute Gasteiger partial charge is 0.405 e. The van der Waals surface area contributed by atoms with E-state index in [2.05, 4.69) is 10.6 Å². The number of anilines is 2. The Morgan fingerprint density at radius 2 is 2.13 bits per heavy atom. The molecule has 23 heavy (non-hydrogen) atoms. The molecular formula is C14H16F3N3O3. The van der Waals surface area contributed by atoms with Gasteiger partial charge in [-0.15, -0.1) is 0 Å². The van der Waals surface area contributed by atoms with Gasteiger partial charge in [-0.2, -0.15) is 13.2 Å². The molecule has 9 heteroatoms. The van der Waals surface area contributed by atoms with Gasteiger partial charge in [-0.05, 0) is 32.0 Å². The Morgan fingerprint density at radius 1 is 1.43 bits per heavy atom. The number of benzene rings is 1. The van der Waals surface area contributed by atoms with Gasteiger partial charge in [-0.25, -0.2) is 0 Å². The summed E-state index contributed by atoms with van der Waals surface area (Å²) in [7, 11) is 0. The number of carbonyl (C=O) groups excluding carboxylic acids is 2. The first-order valence-corrected chi connectivity index (χ1v) is 6.88. The summed E-state index contributed by atoms with van der Waals surface area (Å²) in [5, 5.41) is 7.21. The predicted molar refractivity (Wildman–Crippen MR) is 77.3 cm³/mol. The third-order valence-electron chi connectivity index (χ3n) is 3.15. The average Bonchev–Trinajstić information content (AvgIpc) is 2.45. The summed E-state index contributed by atoms with van der Waals surface area (Å²) in [6.45, 7) is 1.66. The number of ether oxygens (including phenoxy) is 1. The molecule has 1 aliphatic rings. The Kier molecular flexibility index (Phi) is 4.67. The minimum atomic E-state index is -4.46. The maximum absolute atomic E-state index is 12.1. The molecule has 2 rings (SSSR count). The summed E-state index contributed by atoms with van der Waals surface area (Å²) < 4.78 is 41.6. The highest BCUT2D eigenvalue weighted by Crippen LogP contribution is 2.32. The molecule has 0 fully saturated rings. The van der Waals surface area contributed by atoms with Crippen LogP contribution in [0.3, 0.4) is 0 Å². The van der Waals surface area contributed by atoms with Gasteiger partial charge >= 0.3 is 6.18 Å². The lowest BCUT2D eigenvalue weighted by atomic mass is 10.2. The van der Waals surface area contributed by atoms with Crippen LogP contribution in [-0.2, 0) is 9.59 Å². The molecule has 1 heterocycles. The number of halogens is 3. The van der Waals surface area contributed by atoms with Crippen LogP contribution in [0.2, 0.25) is 0 Å². The van der Waals surface area contributed by atoms with Gasteiger partial charge < -0.3 is 20.7 Å². The highest BCUT2D eigenvalue weighted by molar-refractivity contribution is 5.98. The zero-order valence-electron chi connectivity index (χ0n) is 12.5. The van der Waals surface area contributed by atoms with Crippen molar-refractivity contribution < 1.29 is 27.5 Å². The van der Waals surface area contributed by atoms with Crippen molar-refractivity contribution in [2.24, 2.45) is 0 Å². The zero-order valence-corrected chi connectivity index (χ0v) is 12.5. The first-order chi connectivity index (χ1) is 10.7. The van der Waals surface area contributed by atoms with Crippen molar-refractivity contribution >= 4 is 23.2 Å². The van der Waals surface area contributed by atoms with E-state index in [9.17, 15) is 22.8 Å². The van der Waals surface area contributed by atoms with Crippen molar-refractivity contribution in [2.45, 2.75) is 32.2 Å². The first kappa shape index (κ1) is 16.9. The van der Waals surface area contributed by atoms with E-state index in [4.69, 9.17) is 4.74 Å². The topological polar surface area (TPSA) is 79.5 Å². The van der Waals surface area contributed by atoms with E-state index in [0.717, 1.165) is 0 Å². The van der Waals surface area contributed by atoms with E-state index in [1.807, 2.05) is 0 Å². The Morgan fingerprint density at radius 3 is 2.78 bits per heavy atom. The molecule has 0 saturated heterocycles. The monoisotopic (exact) mass is 331 g/mol. The van der Waals surface area contributed by atoms with E-state index in [1.165, 1.54) is 6.92 Å². The molecule has 126 valence electrons. The molecule has 0 saturated carbocycles. The molecule has 3 N–H and O–H groups in total. The summed E-state index contributed by atoms with van der Waals surface area (Å²) in [5.41, 5.74) is 0.901. The van der Waals surface area contributed by atoms with Gasteiger partial charge in [-0.1, -0.05) is 0 Å². The molecule has 2 amide bonds. The van der Waals surface area contributed by atoms with Crippen molar-refractivity contribution in [2.75, 3.05) is 17.2 Å². The van der Waals surface area contributed by atoms with Crippen LogP contribution in [0.5, 0.6) is 5.75 Å². The molecule has 0 aromatic heterocycles. The Bertz CT molecular complexity index is 619. The summed E-state index contributed by atoms with van der Waals surface area (Å²) in [4.78, 5) is 23.2. The van der Waals surface area contributed by atoms with E-state index in [0.29, 0.717) is 17.1 Å². The number of amides is 2. The Hall–Kier alpha value is -2.45. The fourth-order valence-corrected chi connectivity index (χ4v) is 1.95. The molecule has 0 aliphatic carbocycles. The van der Waals surface area contributed by atoms with Gasteiger partial charge in [0.1, 0.15) is 18.3 Å². The van der Waals surface area contributed by atoms with Gasteiger partial charge in [0.25, 0.3) is 5.91 Å². The number of rotatable bonds is 4. The lowest BCUT2D eigenvalue weighted by molar-refractivity contribution is -0.138. The minimum Gasteiger partial charge on any atom is -0.479 e. The number of hydrogen-bond acceptors (Lipinski definition) is 4. The summed E-state index contributed by atoms with van der Waals surface area (Å²) >= 11 is 0. The predicted octanol–water partition coefficient (Wildman–Crippen LogP) is 1.88. The SMILES string of the molecule is C[C@@H](Nc1ccc2c(c1)NC(=O)[C@@H](C)O2)C(=O)NCC(F)(F)F. The van der Waals surface area contributed by atoms with E-state index in [-0.39, 0.29) is 5.91 Å². The van der Waals surface area contributed by atoms with Crippen LogP contribution in [-0.4, -0.2) is 36.7 Å². The summed E-state index contributed by atoms with van der Waals surface area (Å²) in [6, 6.07) is 3.88. The second kappa shape index (κ2) is 6.35. The number of hydrogen-bond donors (Lipinski definition) is 3. The van der Waals surface area contributed by atoms with Crippen LogP contribution in [0.25, 0.3) is 0 Å². The number of nitrogens with one attached hydrogen (secondary N) is 3. The van der Waals surface area contributed by atoms with Crippen molar-refractivity contribution in [1.29, 1.82) is 0 Å². The molecule has 1 aromatic rings. The van der Waals surface area contributed by atoms with Crippen LogP contribution < -0.4 is 20.7 Å². The fourth-order valence-electron chi connectivity index (χ4n) is 1.95. The van der Waals surface area contributed by atoms with Gasteiger partial charge in [0.05, 0.1) is 5.69 Å². The van der Waals surface area contributed by atoms with Crippen LogP contribution in [0.15, 0.2) is 18.2 Å². The maximum atomic E-state index is 12.1. The molecule has 0 bridgehead atoms. The second-order valence-electron chi connectivity index (χ2n) is 5.16. The lowest BCUT2D eigenvalue weighted by Gasteiger charge is -2.24. The van der Waals surface area contributed by atoms with Crippen molar-refractivity contribution in [1.82, 2.24) is 5.32 Å². The highest BCUT2D eigenvalue weighted by atomic mass is 19.4. The largest absolute Gasteiger partial charge is 0.479 e. The van der Waals surface area contributed by atoms with E-state index >= 15 is 0 Å². The molecule has 0 unspecified atom stereocenters. The summed E-state index contributed by atoms with van der Waals surface area (Å²) in [5.74, 6) is -0.601. The Labute approximate surface area is 130 Å². The third kappa shape index (κ3) is 4.51. The molecule has 2 atom stereocenters. The average molecular weight is 331 g/mol. The molecule has 0 spiro atoms. The first-order valence-electron chi connectivity index (χ1n) is 6.88. The molecule has 0 radical (unpaired) electrons. The minimum absolute atomic E-state index is 0.300. The Balaban J connectivity index is 1.99. The maximum Gasteiger partial charge on any atom is 0.405 e. The van der Waals surface area contributed by atoms with Gasteiger partial charge in [0, 0.05) is 5.69 Å². The number of alkyl halides is 3. The standard InChI is InChI=1S/C14H16F3N3O3/c1-7(12(21)18-6-14(15,16)17)19-9-3-4-11-10(5-9)20-13(22)8(2)23-11/h3-5,7-8,19H,6H2,1-2H3,(H,18,21)(H,20,22)/t7-,8-/m1/s1. The molecular weight excluding hydrogens is 315 g/mol. The normalized spacial score (nSPS) is 18.3. The van der Waals surface area contributed by atoms with E-state index < -0.39 is 30.8 Å². The van der Waals surface area contributed by atoms with E-state index in [1.54, 1.807) is 30.4 Å². The highest BCUT2D eigenvalue weighted by Gasteiger charge is 2.29. The lowest BCUT2D eigenvalue weighted by Crippen LogP contribution is -2.42. The second-order valence-corrected chi connectivity index (χ2v) is 5.16. The van der Waals surface area contributed by atoms with Crippen molar-refractivity contribution in [3.05, 3.63) is 18.2 Å². The van der Waals surface area contributed by atoms with Crippen LogP contribution in [0.1, 0.15) is 13.8 Å². The number of carbonyl (C=O) groups is 2. The van der Waals surface area contributed by atoms with Crippen LogP contribution >= 0.6 is 0 Å². The number of fused-ring (bicyclic) bond motifs is 1. The molecule has 1 aromatic carbocycles. The van der Waals surface area contributed by atoms with Crippen molar-refractivity contribution in [3.63, 3.8) is 0 Å². The third-order valence-corrected chi connectivity index (χ3v) is 3.15. The van der Waals surface area contributed by atoms with Gasteiger partial charge in [0.2, 0.25) is 5.91 Å². The summed E-state index contributed by atoms with van der Waals surface area (Å²) in [6.07, 6.45) is -5.06. The van der Waals surface area contributed by atoms with Crippen LogP contribution in [0, 0.1) is 0 Å². The molecule has 6 nitrogen and oxygen atoms in total. The van der Waals surface area contributed by atoms with Gasteiger partial charge in [-0.3, -0.25) is 9.59 Å². The zero-order chi connectivity index (χ0) is 17.2. The quantitative estimate of drug-likeness (QED) is 0.787. The molecule has 1 aliphatic heterocycles. The van der Waals surface area contributed by atoms with Crippen molar-refractivity contribution in [3.8, 4) is 5.75 Å². The van der Waals surface area contributed by atoms with Gasteiger partial charge in [0.15, 0.2) is 6.10 Å². The van der Waals surface area contributed by atoms with Crippen LogP contribution in [0.4, 0.5) is 24.5 Å².